The van der Waals surface area contributed by atoms with Crippen LogP contribution < -0.4 is 4.72 Å². The van der Waals surface area contributed by atoms with Gasteiger partial charge >= 0.3 is 5.97 Å². The lowest BCUT2D eigenvalue weighted by Gasteiger charge is -2.18. The van der Waals surface area contributed by atoms with Crippen molar-refractivity contribution in [1.82, 2.24) is 4.72 Å². The number of ether oxygens (including phenoxy) is 2. The van der Waals surface area contributed by atoms with E-state index in [-0.39, 0.29) is 6.54 Å². The molecule has 0 saturated heterocycles. The Bertz CT molecular complexity index is 354. The second kappa shape index (κ2) is 6.32. The molecule has 0 heterocycles. The van der Waals surface area contributed by atoms with Gasteiger partial charge in [-0.25, -0.2) is 13.1 Å². The van der Waals surface area contributed by atoms with Crippen LogP contribution in [0.1, 0.15) is 19.3 Å². The molecule has 0 bridgehead atoms. The molecule has 1 fully saturated rings. The summed E-state index contributed by atoms with van der Waals surface area (Å²) in [5, 5.41) is -0.674. The van der Waals surface area contributed by atoms with Crippen molar-refractivity contribution in [3.8, 4) is 0 Å². The maximum Gasteiger partial charge on any atom is 0.310 e. The van der Waals surface area contributed by atoms with Crippen LogP contribution in [0.4, 0.5) is 0 Å². The van der Waals surface area contributed by atoms with E-state index in [1.54, 1.807) is 0 Å². The number of carbonyl (C=O) groups is 1. The zero-order valence-electron chi connectivity index (χ0n) is 10.1. The molecule has 0 radical (unpaired) electrons. The lowest BCUT2D eigenvalue weighted by atomic mass is 10.1. The van der Waals surface area contributed by atoms with Gasteiger partial charge in [0.05, 0.1) is 24.9 Å². The number of sulfonamides is 1. The van der Waals surface area contributed by atoms with Gasteiger partial charge in [0.25, 0.3) is 0 Å². The van der Waals surface area contributed by atoms with Crippen molar-refractivity contribution in [2.75, 3.05) is 27.4 Å². The van der Waals surface area contributed by atoms with Crippen molar-refractivity contribution in [3.63, 3.8) is 0 Å². The smallest absolute Gasteiger partial charge is 0.310 e. The Balaban J connectivity index is 2.66. The van der Waals surface area contributed by atoms with Crippen LogP contribution in [0.2, 0.25) is 0 Å². The molecular weight excluding hydrogens is 246 g/mol. The van der Waals surface area contributed by atoms with Crippen molar-refractivity contribution >= 4 is 16.0 Å². The fourth-order valence-electron chi connectivity index (χ4n) is 2.11. The quantitative estimate of drug-likeness (QED) is 0.535. The molecule has 2 unspecified atom stereocenters. The summed E-state index contributed by atoms with van der Waals surface area (Å²) in [6.45, 7) is 0.540. The van der Waals surface area contributed by atoms with Crippen LogP contribution in [-0.2, 0) is 24.3 Å². The molecule has 1 aliphatic rings. The summed E-state index contributed by atoms with van der Waals surface area (Å²) in [5.74, 6) is -0.982. The Morgan fingerprint density at radius 1 is 1.35 bits per heavy atom. The van der Waals surface area contributed by atoms with Crippen LogP contribution in [0.5, 0.6) is 0 Å². The van der Waals surface area contributed by atoms with E-state index in [0.29, 0.717) is 19.4 Å². The molecule has 0 spiro atoms. The molecule has 1 saturated carbocycles. The van der Waals surface area contributed by atoms with Crippen molar-refractivity contribution in [2.24, 2.45) is 5.92 Å². The van der Waals surface area contributed by atoms with Gasteiger partial charge in [0.15, 0.2) is 0 Å². The lowest BCUT2D eigenvalue weighted by molar-refractivity contribution is -0.145. The SMILES string of the molecule is COCCNS(=O)(=O)C1CCCC1C(=O)OC. The first-order valence-electron chi connectivity index (χ1n) is 5.58. The largest absolute Gasteiger partial charge is 0.469 e. The predicted molar refractivity (Wildman–Crippen MR) is 61.9 cm³/mol. The van der Waals surface area contributed by atoms with Crippen molar-refractivity contribution in [2.45, 2.75) is 24.5 Å². The summed E-state index contributed by atoms with van der Waals surface area (Å²) < 4.78 is 35.8. The van der Waals surface area contributed by atoms with Gasteiger partial charge in [-0.15, -0.1) is 0 Å². The van der Waals surface area contributed by atoms with Gasteiger partial charge in [0.2, 0.25) is 10.0 Å². The average molecular weight is 265 g/mol. The van der Waals surface area contributed by atoms with E-state index in [1.807, 2.05) is 0 Å². The molecular formula is C10H19NO5S. The second-order valence-electron chi connectivity index (χ2n) is 4.03. The molecule has 6 nitrogen and oxygen atoms in total. The molecule has 0 aromatic heterocycles. The first-order chi connectivity index (χ1) is 8.03. The minimum absolute atomic E-state index is 0.225. The van der Waals surface area contributed by atoms with E-state index in [1.165, 1.54) is 14.2 Å². The standard InChI is InChI=1S/C10H19NO5S/c1-15-7-6-11-17(13,14)9-5-3-4-8(9)10(12)16-2/h8-9,11H,3-7H2,1-2H3. The first kappa shape index (κ1) is 14.4. The molecule has 0 amide bonds. The highest BCUT2D eigenvalue weighted by atomic mass is 32.2. The fraction of sp³-hybridized carbons (Fsp3) is 0.900. The molecule has 0 aliphatic heterocycles. The van der Waals surface area contributed by atoms with E-state index in [0.717, 1.165) is 6.42 Å². The molecule has 1 aliphatic carbocycles. The second-order valence-corrected chi connectivity index (χ2v) is 6.02. The van der Waals surface area contributed by atoms with Crippen molar-refractivity contribution in [3.05, 3.63) is 0 Å². The minimum atomic E-state index is -3.47. The molecule has 2 atom stereocenters. The van der Waals surface area contributed by atoms with E-state index in [4.69, 9.17) is 4.74 Å². The van der Waals surface area contributed by atoms with Gasteiger partial charge in [-0.1, -0.05) is 6.42 Å². The monoisotopic (exact) mass is 265 g/mol. The van der Waals surface area contributed by atoms with Gasteiger partial charge in [-0.2, -0.15) is 0 Å². The molecule has 7 heteroatoms. The van der Waals surface area contributed by atoms with E-state index in [9.17, 15) is 13.2 Å². The zero-order chi connectivity index (χ0) is 12.9. The summed E-state index contributed by atoms with van der Waals surface area (Å²) >= 11 is 0. The van der Waals surface area contributed by atoms with Crippen LogP contribution in [0, 0.1) is 5.92 Å². The third kappa shape index (κ3) is 3.65. The molecule has 0 aromatic carbocycles. The van der Waals surface area contributed by atoms with Crippen molar-refractivity contribution in [1.29, 1.82) is 0 Å². The first-order valence-corrected chi connectivity index (χ1v) is 7.12. The minimum Gasteiger partial charge on any atom is -0.469 e. The third-order valence-corrected chi connectivity index (χ3v) is 4.93. The topological polar surface area (TPSA) is 81.7 Å². The van der Waals surface area contributed by atoms with Crippen LogP contribution in [-0.4, -0.2) is 47.0 Å². The molecule has 1 rings (SSSR count). The van der Waals surface area contributed by atoms with Crippen LogP contribution in [0.25, 0.3) is 0 Å². The Kier molecular flexibility index (Phi) is 5.35. The van der Waals surface area contributed by atoms with E-state index < -0.39 is 27.2 Å². The molecule has 1 N–H and O–H groups in total. The molecule has 17 heavy (non-hydrogen) atoms. The average Bonchev–Trinajstić information content (AvgIpc) is 2.78. The number of nitrogens with one attached hydrogen (secondary N) is 1. The van der Waals surface area contributed by atoms with Crippen LogP contribution in [0.3, 0.4) is 0 Å². The predicted octanol–water partition coefficient (Wildman–Crippen LogP) is -0.106. The lowest BCUT2D eigenvalue weighted by Crippen LogP contribution is -2.40. The maximum atomic E-state index is 12.0. The summed E-state index contributed by atoms with van der Waals surface area (Å²) in [7, 11) is -0.686. The van der Waals surface area contributed by atoms with Gasteiger partial charge in [0, 0.05) is 13.7 Å². The highest BCUT2D eigenvalue weighted by molar-refractivity contribution is 7.90. The summed E-state index contributed by atoms with van der Waals surface area (Å²) in [5.41, 5.74) is 0. The van der Waals surface area contributed by atoms with Crippen molar-refractivity contribution < 1.29 is 22.7 Å². The van der Waals surface area contributed by atoms with Gasteiger partial charge in [0.1, 0.15) is 0 Å². The Hall–Kier alpha value is -0.660. The Morgan fingerprint density at radius 2 is 2.06 bits per heavy atom. The van der Waals surface area contributed by atoms with Gasteiger partial charge < -0.3 is 9.47 Å². The number of hydrogen-bond acceptors (Lipinski definition) is 5. The van der Waals surface area contributed by atoms with Gasteiger partial charge in [-0.3, -0.25) is 4.79 Å². The van der Waals surface area contributed by atoms with E-state index in [2.05, 4.69) is 9.46 Å². The van der Waals surface area contributed by atoms with E-state index >= 15 is 0 Å². The number of esters is 1. The Morgan fingerprint density at radius 3 is 2.65 bits per heavy atom. The summed E-state index contributed by atoms with van der Waals surface area (Å²) in [4.78, 5) is 11.5. The third-order valence-electron chi connectivity index (χ3n) is 2.96. The highest BCUT2D eigenvalue weighted by Gasteiger charge is 2.41. The summed E-state index contributed by atoms with van der Waals surface area (Å²) in [6, 6.07) is 0. The number of rotatable bonds is 6. The fourth-order valence-corrected chi connectivity index (χ4v) is 3.85. The highest BCUT2D eigenvalue weighted by Crippen LogP contribution is 2.31. The van der Waals surface area contributed by atoms with Crippen LogP contribution in [0.15, 0.2) is 0 Å². The normalized spacial score (nSPS) is 24.8. The maximum absolute atomic E-state index is 12.0. The molecule has 0 aromatic rings. The number of methoxy groups -OCH3 is 2. The zero-order valence-corrected chi connectivity index (χ0v) is 11.0. The number of carbonyl (C=O) groups excluding carboxylic acids is 1. The summed E-state index contributed by atoms with van der Waals surface area (Å²) in [6.07, 6.45) is 1.81. The van der Waals surface area contributed by atoms with Crippen LogP contribution >= 0.6 is 0 Å². The van der Waals surface area contributed by atoms with Gasteiger partial charge in [-0.05, 0) is 12.8 Å². The Labute approximate surface area is 102 Å². The number of hydrogen-bond donors (Lipinski definition) is 1. The molecule has 100 valence electrons.